The van der Waals surface area contributed by atoms with Crippen LogP contribution in [-0.4, -0.2) is 36.4 Å². The number of benzene rings is 2. The number of nitrogens with one attached hydrogen (secondary N) is 2. The molecule has 4 rings (SSSR count). The summed E-state index contributed by atoms with van der Waals surface area (Å²) in [6, 6.07) is 6.21. The standard InChI is InChI=1S/C21H21F2N5O2/c1-30-16-5-13(4-15(22)7-16)19(9-24)27-21(29)28-3-2-12-6-17(14-10-25-26-11-14)18(23)8-20(12)28/h4-8,10-11,19H,2-3,9,24H2,1H3,(H,25,26)(H,27,29). The number of amides is 2. The lowest BCUT2D eigenvalue weighted by Gasteiger charge is -2.24. The summed E-state index contributed by atoms with van der Waals surface area (Å²) in [5.74, 6) is -0.601. The SMILES string of the molecule is COc1cc(F)cc(C(CN)NC(=O)N2CCc3cc(-c4cn[nH]c4)c(F)cc32)c1. The molecule has 30 heavy (non-hydrogen) atoms. The van der Waals surface area contributed by atoms with Crippen molar-refractivity contribution in [2.24, 2.45) is 5.73 Å². The average molecular weight is 413 g/mol. The highest BCUT2D eigenvalue weighted by molar-refractivity contribution is 5.95. The summed E-state index contributed by atoms with van der Waals surface area (Å²) in [6.45, 7) is 0.464. The molecule has 1 aromatic heterocycles. The summed E-state index contributed by atoms with van der Waals surface area (Å²) in [5, 5.41) is 9.33. The van der Waals surface area contributed by atoms with Crippen molar-refractivity contribution in [1.29, 1.82) is 0 Å². The van der Waals surface area contributed by atoms with E-state index in [2.05, 4.69) is 15.5 Å². The molecule has 1 atom stereocenters. The molecule has 9 heteroatoms. The minimum absolute atomic E-state index is 0.0623. The lowest BCUT2D eigenvalue weighted by Crippen LogP contribution is -2.43. The molecule has 1 unspecified atom stereocenters. The summed E-state index contributed by atoms with van der Waals surface area (Å²) in [5.41, 5.74) is 8.74. The van der Waals surface area contributed by atoms with Gasteiger partial charge in [-0.25, -0.2) is 13.6 Å². The first kappa shape index (κ1) is 19.8. The van der Waals surface area contributed by atoms with Gasteiger partial charge in [-0.05, 0) is 41.8 Å². The Hall–Kier alpha value is -3.46. The van der Waals surface area contributed by atoms with E-state index in [4.69, 9.17) is 10.5 Å². The molecule has 0 saturated heterocycles. The van der Waals surface area contributed by atoms with Crippen LogP contribution in [0.25, 0.3) is 11.1 Å². The number of methoxy groups -OCH3 is 1. The number of hydrogen-bond donors (Lipinski definition) is 3. The number of urea groups is 1. The van der Waals surface area contributed by atoms with E-state index >= 15 is 0 Å². The van der Waals surface area contributed by atoms with Gasteiger partial charge in [-0.15, -0.1) is 0 Å². The van der Waals surface area contributed by atoms with Crippen molar-refractivity contribution in [3.63, 3.8) is 0 Å². The number of carbonyl (C=O) groups excluding carboxylic acids is 1. The van der Waals surface area contributed by atoms with Crippen LogP contribution in [0.2, 0.25) is 0 Å². The lowest BCUT2D eigenvalue weighted by atomic mass is 10.0. The number of ether oxygens (including phenoxy) is 1. The van der Waals surface area contributed by atoms with Gasteiger partial charge in [0.25, 0.3) is 0 Å². The normalized spacial score (nSPS) is 13.8. The summed E-state index contributed by atoms with van der Waals surface area (Å²) < 4.78 is 33.6. The smallest absolute Gasteiger partial charge is 0.322 e. The second-order valence-corrected chi connectivity index (χ2v) is 7.01. The van der Waals surface area contributed by atoms with E-state index in [0.717, 1.165) is 5.56 Å². The number of hydrogen-bond acceptors (Lipinski definition) is 4. The molecule has 156 valence electrons. The van der Waals surface area contributed by atoms with Gasteiger partial charge in [0.15, 0.2) is 0 Å². The second-order valence-electron chi connectivity index (χ2n) is 7.01. The van der Waals surface area contributed by atoms with E-state index in [1.807, 2.05) is 0 Å². The number of anilines is 1. The second kappa shape index (κ2) is 8.11. The first-order valence-electron chi connectivity index (χ1n) is 9.44. The van der Waals surface area contributed by atoms with Crippen molar-refractivity contribution in [1.82, 2.24) is 15.5 Å². The van der Waals surface area contributed by atoms with Crippen molar-refractivity contribution < 1.29 is 18.3 Å². The van der Waals surface area contributed by atoms with Crippen molar-refractivity contribution in [3.8, 4) is 16.9 Å². The Kier molecular flexibility index (Phi) is 5.37. The van der Waals surface area contributed by atoms with Crippen LogP contribution in [0.1, 0.15) is 17.2 Å². The Balaban J connectivity index is 1.57. The fourth-order valence-corrected chi connectivity index (χ4v) is 3.65. The molecule has 2 aromatic carbocycles. The molecule has 0 radical (unpaired) electrons. The van der Waals surface area contributed by atoms with Crippen molar-refractivity contribution in [2.75, 3.05) is 25.1 Å². The number of halogens is 2. The third kappa shape index (κ3) is 3.71. The third-order valence-electron chi connectivity index (χ3n) is 5.18. The maximum Gasteiger partial charge on any atom is 0.322 e. The minimum Gasteiger partial charge on any atom is -0.497 e. The first-order chi connectivity index (χ1) is 14.5. The molecule has 7 nitrogen and oxygen atoms in total. The highest BCUT2D eigenvalue weighted by atomic mass is 19.1. The molecule has 1 aliphatic rings. The molecule has 0 aliphatic carbocycles. The van der Waals surface area contributed by atoms with Gasteiger partial charge in [0.05, 0.1) is 25.0 Å². The number of H-pyrrole nitrogens is 1. The summed E-state index contributed by atoms with van der Waals surface area (Å²) >= 11 is 0. The Labute approximate surface area is 171 Å². The average Bonchev–Trinajstić information content (AvgIpc) is 3.40. The molecule has 3 aromatic rings. The van der Waals surface area contributed by atoms with Gasteiger partial charge in [0.1, 0.15) is 17.4 Å². The predicted molar refractivity (Wildman–Crippen MR) is 108 cm³/mol. The van der Waals surface area contributed by atoms with E-state index in [1.165, 1.54) is 30.2 Å². The van der Waals surface area contributed by atoms with Crippen molar-refractivity contribution in [2.45, 2.75) is 12.5 Å². The Morgan fingerprint density at radius 2 is 2.17 bits per heavy atom. The molecule has 0 spiro atoms. The Morgan fingerprint density at radius 3 is 2.87 bits per heavy atom. The van der Waals surface area contributed by atoms with Crippen LogP contribution in [0.5, 0.6) is 5.75 Å². The van der Waals surface area contributed by atoms with Gasteiger partial charge in [-0.2, -0.15) is 5.10 Å². The van der Waals surface area contributed by atoms with Crippen LogP contribution in [0, 0.1) is 11.6 Å². The maximum atomic E-state index is 14.7. The molecule has 0 fully saturated rings. The lowest BCUT2D eigenvalue weighted by molar-refractivity contribution is 0.243. The molecule has 0 bridgehead atoms. The monoisotopic (exact) mass is 413 g/mol. The molecular weight excluding hydrogens is 392 g/mol. The van der Waals surface area contributed by atoms with E-state index in [9.17, 15) is 13.6 Å². The van der Waals surface area contributed by atoms with Crippen LogP contribution in [0.15, 0.2) is 42.7 Å². The number of fused-ring (bicyclic) bond motifs is 1. The van der Waals surface area contributed by atoms with E-state index < -0.39 is 23.7 Å². The largest absolute Gasteiger partial charge is 0.497 e. The fraction of sp³-hybridized carbons (Fsp3) is 0.238. The van der Waals surface area contributed by atoms with Gasteiger partial charge in [-0.3, -0.25) is 10.00 Å². The summed E-state index contributed by atoms with van der Waals surface area (Å²) in [6.07, 6.45) is 3.75. The fourth-order valence-electron chi connectivity index (χ4n) is 3.65. The van der Waals surface area contributed by atoms with E-state index in [1.54, 1.807) is 24.5 Å². The molecule has 2 heterocycles. The van der Waals surface area contributed by atoms with Gasteiger partial charge >= 0.3 is 6.03 Å². The predicted octanol–water partition coefficient (Wildman–Crippen LogP) is 3.14. The number of aromatic amines is 1. The number of carbonyl (C=O) groups is 1. The van der Waals surface area contributed by atoms with Crippen LogP contribution in [0.3, 0.4) is 0 Å². The summed E-state index contributed by atoms with van der Waals surface area (Å²) in [4.78, 5) is 14.4. The van der Waals surface area contributed by atoms with Gasteiger partial charge in [-0.1, -0.05) is 0 Å². The highest BCUT2D eigenvalue weighted by Crippen LogP contribution is 2.34. The minimum atomic E-state index is -0.624. The quantitative estimate of drug-likeness (QED) is 0.599. The van der Waals surface area contributed by atoms with E-state index in [0.29, 0.717) is 41.1 Å². The van der Waals surface area contributed by atoms with E-state index in [-0.39, 0.29) is 6.54 Å². The van der Waals surface area contributed by atoms with Crippen LogP contribution in [0.4, 0.5) is 19.3 Å². The zero-order valence-corrected chi connectivity index (χ0v) is 16.3. The molecule has 2 amide bonds. The first-order valence-corrected chi connectivity index (χ1v) is 9.44. The number of nitrogens with two attached hydrogens (primary N) is 1. The van der Waals surface area contributed by atoms with Gasteiger partial charge in [0.2, 0.25) is 0 Å². The van der Waals surface area contributed by atoms with Crippen LogP contribution < -0.4 is 20.7 Å². The summed E-state index contributed by atoms with van der Waals surface area (Å²) in [7, 11) is 1.43. The molecule has 4 N–H and O–H groups in total. The van der Waals surface area contributed by atoms with Crippen LogP contribution >= 0.6 is 0 Å². The number of aromatic nitrogens is 2. The van der Waals surface area contributed by atoms with Crippen molar-refractivity contribution >= 4 is 11.7 Å². The van der Waals surface area contributed by atoms with Gasteiger partial charge in [0, 0.05) is 36.5 Å². The van der Waals surface area contributed by atoms with Crippen molar-refractivity contribution in [3.05, 3.63) is 65.5 Å². The zero-order valence-electron chi connectivity index (χ0n) is 16.3. The molecule has 0 saturated carbocycles. The maximum absolute atomic E-state index is 14.7. The Morgan fingerprint density at radius 1 is 1.33 bits per heavy atom. The third-order valence-corrected chi connectivity index (χ3v) is 5.18. The number of nitrogens with zero attached hydrogens (tertiary/aromatic N) is 2. The molecule has 1 aliphatic heterocycles. The highest BCUT2D eigenvalue weighted by Gasteiger charge is 2.28. The Bertz CT molecular complexity index is 1070. The number of rotatable bonds is 5. The van der Waals surface area contributed by atoms with Gasteiger partial charge < -0.3 is 15.8 Å². The topological polar surface area (TPSA) is 96.3 Å². The van der Waals surface area contributed by atoms with Crippen LogP contribution in [-0.2, 0) is 6.42 Å². The zero-order chi connectivity index (χ0) is 21.3. The molecular formula is C21H21F2N5O2.